The van der Waals surface area contributed by atoms with Crippen LogP contribution in [0.25, 0.3) is 0 Å². The van der Waals surface area contributed by atoms with Gasteiger partial charge >= 0.3 is 0 Å². The second kappa shape index (κ2) is 5.74. The smallest absolute Gasteiger partial charge is 0.253 e. The van der Waals surface area contributed by atoms with Crippen LogP contribution < -0.4 is 0 Å². The zero-order valence-corrected chi connectivity index (χ0v) is 12.5. The van der Waals surface area contributed by atoms with Crippen molar-refractivity contribution in [3.8, 4) is 0 Å². The van der Waals surface area contributed by atoms with Gasteiger partial charge in [-0.3, -0.25) is 4.79 Å². The molecule has 0 radical (unpaired) electrons. The summed E-state index contributed by atoms with van der Waals surface area (Å²) in [6, 6.07) is 4.11. The van der Waals surface area contributed by atoms with E-state index >= 15 is 0 Å². The second-order valence-electron chi connectivity index (χ2n) is 5.53. The molecular weight excluding hydrogens is 236 g/mol. The van der Waals surface area contributed by atoms with Crippen molar-refractivity contribution >= 4 is 5.91 Å². The first kappa shape index (κ1) is 14.1. The highest BCUT2D eigenvalue weighted by atomic mass is 16.2. The minimum Gasteiger partial charge on any atom is -0.336 e. The van der Waals surface area contributed by atoms with Crippen molar-refractivity contribution in [3.63, 3.8) is 0 Å². The van der Waals surface area contributed by atoms with Crippen LogP contribution in [0.1, 0.15) is 34.0 Å². The summed E-state index contributed by atoms with van der Waals surface area (Å²) in [5.74, 6) is 0.186. The van der Waals surface area contributed by atoms with Crippen LogP contribution in [-0.4, -0.2) is 48.9 Å². The van der Waals surface area contributed by atoms with Gasteiger partial charge in [-0.25, -0.2) is 0 Å². The molecule has 0 spiro atoms. The van der Waals surface area contributed by atoms with Gasteiger partial charge in [0.2, 0.25) is 0 Å². The number of aryl methyl sites for hydroxylation is 2. The summed E-state index contributed by atoms with van der Waals surface area (Å²) in [4.78, 5) is 16.8. The van der Waals surface area contributed by atoms with Crippen molar-refractivity contribution in [2.24, 2.45) is 0 Å². The maximum Gasteiger partial charge on any atom is 0.253 e. The molecule has 1 amide bonds. The Labute approximate surface area is 116 Å². The highest BCUT2D eigenvalue weighted by molar-refractivity contribution is 5.94. The zero-order chi connectivity index (χ0) is 14.0. The Morgan fingerprint density at radius 3 is 2.37 bits per heavy atom. The van der Waals surface area contributed by atoms with Gasteiger partial charge in [0.05, 0.1) is 0 Å². The van der Waals surface area contributed by atoms with E-state index in [0.29, 0.717) is 0 Å². The zero-order valence-electron chi connectivity index (χ0n) is 12.5. The van der Waals surface area contributed by atoms with E-state index in [-0.39, 0.29) is 5.91 Å². The molecule has 1 aliphatic rings. The summed E-state index contributed by atoms with van der Waals surface area (Å²) in [7, 11) is 2.10. The summed E-state index contributed by atoms with van der Waals surface area (Å²) in [5.41, 5.74) is 4.68. The number of likely N-dealkylation sites (N-methyl/N-ethyl adjacent to an activating group) is 1. The monoisotopic (exact) mass is 260 g/mol. The highest BCUT2D eigenvalue weighted by Crippen LogP contribution is 2.18. The molecule has 1 aromatic carbocycles. The Kier molecular flexibility index (Phi) is 4.25. The number of carbonyl (C=O) groups excluding carboxylic acids is 1. The van der Waals surface area contributed by atoms with Crippen molar-refractivity contribution in [2.45, 2.75) is 27.2 Å². The predicted octanol–water partition coefficient (Wildman–Crippen LogP) is 2.25. The lowest BCUT2D eigenvalue weighted by Gasteiger charge is -2.32. The van der Waals surface area contributed by atoms with Crippen LogP contribution >= 0.6 is 0 Å². The van der Waals surface area contributed by atoms with Crippen LogP contribution in [0.2, 0.25) is 0 Å². The number of carbonyl (C=O) groups is 1. The van der Waals surface area contributed by atoms with E-state index in [0.717, 1.165) is 38.2 Å². The summed E-state index contributed by atoms with van der Waals surface area (Å²) in [6.45, 7) is 9.99. The number of benzene rings is 1. The van der Waals surface area contributed by atoms with E-state index in [1.165, 1.54) is 16.7 Å². The van der Waals surface area contributed by atoms with E-state index in [1.54, 1.807) is 0 Å². The number of rotatable bonds is 2. The molecule has 0 unspecified atom stereocenters. The highest BCUT2D eigenvalue weighted by Gasteiger charge is 2.21. The third kappa shape index (κ3) is 2.98. The molecule has 0 atom stereocenters. The molecule has 1 heterocycles. The van der Waals surface area contributed by atoms with Crippen LogP contribution in [0.4, 0.5) is 0 Å². The quantitative estimate of drug-likeness (QED) is 0.814. The maximum absolute atomic E-state index is 12.5. The molecule has 104 valence electrons. The van der Waals surface area contributed by atoms with E-state index in [9.17, 15) is 4.79 Å². The van der Waals surface area contributed by atoms with Crippen molar-refractivity contribution < 1.29 is 4.79 Å². The molecule has 2 rings (SSSR count). The van der Waals surface area contributed by atoms with Crippen LogP contribution in [0, 0.1) is 13.8 Å². The SMILES string of the molecule is CCc1cc(C(=O)N2CCN(C)CC2)cc(C)c1C. The molecule has 0 N–H and O–H groups in total. The molecule has 1 aliphatic heterocycles. The lowest BCUT2D eigenvalue weighted by molar-refractivity contribution is 0.0664. The second-order valence-corrected chi connectivity index (χ2v) is 5.53. The largest absolute Gasteiger partial charge is 0.336 e. The Balaban J connectivity index is 2.22. The fraction of sp³-hybridized carbons (Fsp3) is 0.562. The van der Waals surface area contributed by atoms with E-state index in [2.05, 4.69) is 38.8 Å². The van der Waals surface area contributed by atoms with Crippen molar-refractivity contribution in [1.29, 1.82) is 0 Å². The molecular formula is C16H24N2O. The van der Waals surface area contributed by atoms with Gasteiger partial charge in [0, 0.05) is 31.7 Å². The molecule has 19 heavy (non-hydrogen) atoms. The van der Waals surface area contributed by atoms with Gasteiger partial charge in [-0.15, -0.1) is 0 Å². The molecule has 3 nitrogen and oxygen atoms in total. The third-order valence-corrected chi connectivity index (χ3v) is 4.19. The molecule has 3 heteroatoms. The first-order valence-corrected chi connectivity index (χ1v) is 7.11. The fourth-order valence-corrected chi connectivity index (χ4v) is 2.62. The van der Waals surface area contributed by atoms with E-state index in [1.807, 2.05) is 11.0 Å². The Bertz CT molecular complexity index is 474. The minimum atomic E-state index is 0.186. The standard InChI is InChI=1S/C16H24N2O/c1-5-14-11-15(10-12(2)13(14)3)16(19)18-8-6-17(4)7-9-18/h10-11H,5-9H2,1-4H3. The van der Waals surface area contributed by atoms with Crippen LogP contribution in [0.5, 0.6) is 0 Å². The summed E-state index contributed by atoms with van der Waals surface area (Å²) < 4.78 is 0. The van der Waals surface area contributed by atoms with Gasteiger partial charge in [0.25, 0.3) is 5.91 Å². The first-order chi connectivity index (χ1) is 9.02. The number of hydrogen-bond acceptors (Lipinski definition) is 2. The van der Waals surface area contributed by atoms with Crippen molar-refractivity contribution in [2.75, 3.05) is 33.2 Å². The molecule has 0 aliphatic carbocycles. The Morgan fingerprint density at radius 1 is 1.16 bits per heavy atom. The van der Waals surface area contributed by atoms with Gasteiger partial charge in [-0.1, -0.05) is 6.92 Å². The molecule has 1 saturated heterocycles. The van der Waals surface area contributed by atoms with E-state index in [4.69, 9.17) is 0 Å². The van der Waals surface area contributed by atoms with Crippen molar-refractivity contribution in [3.05, 3.63) is 34.4 Å². The Morgan fingerprint density at radius 2 is 1.79 bits per heavy atom. The number of piperazine rings is 1. The average molecular weight is 260 g/mol. The average Bonchev–Trinajstić information content (AvgIpc) is 2.41. The molecule has 1 fully saturated rings. The third-order valence-electron chi connectivity index (χ3n) is 4.19. The molecule has 0 bridgehead atoms. The van der Waals surface area contributed by atoms with Gasteiger partial charge < -0.3 is 9.80 Å². The molecule has 1 aromatic rings. The van der Waals surface area contributed by atoms with Gasteiger partial charge in [0.15, 0.2) is 0 Å². The number of nitrogens with zero attached hydrogens (tertiary/aromatic N) is 2. The van der Waals surface area contributed by atoms with Crippen molar-refractivity contribution in [1.82, 2.24) is 9.80 Å². The predicted molar refractivity (Wildman–Crippen MR) is 78.7 cm³/mol. The number of amides is 1. The van der Waals surface area contributed by atoms with Gasteiger partial charge in [-0.05, 0) is 56.1 Å². The van der Waals surface area contributed by atoms with Gasteiger partial charge in [0.1, 0.15) is 0 Å². The number of hydrogen-bond donors (Lipinski definition) is 0. The maximum atomic E-state index is 12.5. The summed E-state index contributed by atoms with van der Waals surface area (Å²) in [6.07, 6.45) is 0.983. The van der Waals surface area contributed by atoms with Crippen LogP contribution in [0.15, 0.2) is 12.1 Å². The van der Waals surface area contributed by atoms with Gasteiger partial charge in [-0.2, -0.15) is 0 Å². The summed E-state index contributed by atoms with van der Waals surface area (Å²) >= 11 is 0. The fourth-order valence-electron chi connectivity index (χ4n) is 2.62. The lowest BCUT2D eigenvalue weighted by Crippen LogP contribution is -2.47. The van der Waals surface area contributed by atoms with Crippen LogP contribution in [0.3, 0.4) is 0 Å². The summed E-state index contributed by atoms with van der Waals surface area (Å²) in [5, 5.41) is 0. The topological polar surface area (TPSA) is 23.6 Å². The Hall–Kier alpha value is -1.35. The van der Waals surface area contributed by atoms with Crippen LogP contribution in [-0.2, 0) is 6.42 Å². The minimum absolute atomic E-state index is 0.186. The lowest BCUT2D eigenvalue weighted by atomic mass is 9.97. The molecule has 0 saturated carbocycles. The molecule has 0 aromatic heterocycles. The first-order valence-electron chi connectivity index (χ1n) is 7.11. The normalized spacial score (nSPS) is 16.7. The van der Waals surface area contributed by atoms with E-state index < -0.39 is 0 Å².